The normalized spacial score (nSPS) is 13.6. The highest BCUT2D eigenvalue weighted by Gasteiger charge is 2.23. The zero-order valence-corrected chi connectivity index (χ0v) is 73.4. The van der Waals surface area contributed by atoms with E-state index in [2.05, 4.69) is 328 Å². The molecule has 2 fully saturated rings. The Hall–Kier alpha value is -6.90. The topological polar surface area (TPSA) is 56.5 Å². The number of aryl methyl sites for hydroxylation is 1. The van der Waals surface area contributed by atoms with Gasteiger partial charge in [0.2, 0.25) is 0 Å². The molecule has 0 spiro atoms. The maximum atomic E-state index is 5.81. The predicted molar refractivity (Wildman–Crippen MR) is 470 cm³/mol. The van der Waals surface area contributed by atoms with Crippen LogP contribution in [-0.2, 0) is 39.6 Å². The molecule has 0 N–H and O–H groups in total. The third-order valence-electron chi connectivity index (χ3n) is 18.2. The molecular weight excluding hydrogens is 1320 g/mol. The second-order valence-electron chi connectivity index (χ2n) is 38.8. The number of unbranched alkanes of at least 4 members (excludes halogenated alkanes) is 3. The molecule has 7 nitrogen and oxygen atoms in total. The van der Waals surface area contributed by atoms with Gasteiger partial charge in [-0.1, -0.05) is 344 Å². The molecule has 1 aromatic heterocycles. The first-order valence-electron chi connectivity index (χ1n) is 40.9. The fourth-order valence-electron chi connectivity index (χ4n) is 11.9. The zero-order chi connectivity index (χ0) is 80.5. The number of rotatable bonds is 17. The van der Waals surface area contributed by atoms with E-state index >= 15 is 0 Å². The molecule has 10 rings (SSSR count). The Morgan fingerprint density at radius 3 is 1.30 bits per heavy atom. The fraction of sp³-hybridized carbons (Fsp3) is 0.545. The minimum Gasteiger partial charge on any atom is -0.497 e. The number of ether oxygens (including phenoxy) is 4. The van der Waals surface area contributed by atoms with E-state index < -0.39 is 0 Å². The Balaban J connectivity index is 0.000000323. The molecule has 598 valence electrons. The molecule has 2 saturated heterocycles. The third kappa shape index (κ3) is 47.2. The summed E-state index contributed by atoms with van der Waals surface area (Å²) < 4.78 is 26.9. The Morgan fingerprint density at radius 2 is 0.843 bits per heavy atom. The molecule has 0 bridgehead atoms. The van der Waals surface area contributed by atoms with Gasteiger partial charge >= 0.3 is 0 Å². The van der Waals surface area contributed by atoms with E-state index in [1.54, 1.807) is 13.4 Å². The minimum absolute atomic E-state index is 0.149. The lowest BCUT2D eigenvalue weighted by Gasteiger charge is -2.29. The summed E-state index contributed by atoms with van der Waals surface area (Å²) in [5.41, 5.74) is 12.5. The van der Waals surface area contributed by atoms with Crippen LogP contribution in [0.3, 0.4) is 0 Å². The van der Waals surface area contributed by atoms with Gasteiger partial charge in [0.15, 0.2) is 0 Å². The Morgan fingerprint density at radius 1 is 0.380 bits per heavy atom. The summed E-state index contributed by atoms with van der Waals surface area (Å²) in [7, 11) is 1.71. The smallest absolute Gasteiger partial charge is 0.127 e. The molecule has 2 aliphatic heterocycles. The largest absolute Gasteiger partial charge is 0.497 e. The summed E-state index contributed by atoms with van der Waals surface area (Å²) >= 11 is 0. The molecular formula is C101H154N2O5. The molecule has 7 aromatic carbocycles. The van der Waals surface area contributed by atoms with E-state index in [0.717, 1.165) is 94.9 Å². The molecule has 0 atom stereocenters. The van der Waals surface area contributed by atoms with E-state index in [9.17, 15) is 0 Å². The van der Waals surface area contributed by atoms with Gasteiger partial charge in [-0.3, -0.25) is 4.90 Å². The average molecular weight is 1480 g/mol. The highest BCUT2D eigenvalue weighted by molar-refractivity contribution is 5.49. The highest BCUT2D eigenvalue weighted by atomic mass is 16.5. The van der Waals surface area contributed by atoms with E-state index in [-0.39, 0.29) is 10.8 Å². The van der Waals surface area contributed by atoms with Crippen LogP contribution in [0.5, 0.6) is 17.2 Å². The maximum Gasteiger partial charge on any atom is 0.127 e. The summed E-state index contributed by atoms with van der Waals surface area (Å²) in [6.45, 7) is 65.6. The predicted octanol–water partition coefficient (Wildman–Crippen LogP) is 28.4. The van der Waals surface area contributed by atoms with Crippen LogP contribution in [0.1, 0.15) is 270 Å². The van der Waals surface area contributed by atoms with Crippen LogP contribution in [0.25, 0.3) is 0 Å². The molecule has 0 saturated carbocycles. The fourth-order valence-corrected chi connectivity index (χ4v) is 11.9. The molecule has 108 heavy (non-hydrogen) atoms. The lowest BCUT2D eigenvalue weighted by atomic mass is 9.78. The van der Waals surface area contributed by atoms with Crippen molar-refractivity contribution in [2.75, 3.05) is 71.2 Å². The summed E-state index contributed by atoms with van der Waals surface area (Å²) in [6, 6.07) is 71.6. The van der Waals surface area contributed by atoms with Crippen molar-refractivity contribution in [2.24, 2.45) is 32.5 Å². The van der Waals surface area contributed by atoms with Crippen LogP contribution in [-0.4, -0.2) is 71.2 Å². The van der Waals surface area contributed by atoms with Gasteiger partial charge in [-0.15, -0.1) is 0 Å². The van der Waals surface area contributed by atoms with Gasteiger partial charge < -0.3 is 28.3 Å². The van der Waals surface area contributed by atoms with Crippen LogP contribution in [0, 0.1) is 32.5 Å². The average Bonchev–Trinajstić information content (AvgIpc) is 1.01. The van der Waals surface area contributed by atoms with Crippen LogP contribution < -0.4 is 14.4 Å². The Bertz CT molecular complexity index is 3460. The van der Waals surface area contributed by atoms with Gasteiger partial charge in [0.1, 0.15) is 23.0 Å². The Labute approximate surface area is 663 Å². The van der Waals surface area contributed by atoms with Gasteiger partial charge in [0, 0.05) is 44.2 Å². The van der Waals surface area contributed by atoms with Gasteiger partial charge in [0.25, 0.3) is 0 Å². The number of para-hydroxylation sites is 1. The first-order valence-corrected chi connectivity index (χ1v) is 40.9. The SMILES string of the molecule is CC(C)(C)CC(c1ccccc1)c1ccccc1.CC(C)(C)CCN1CCOCC1.CC(C)(C)Cc1ccccc1.CC(C)(C)Cc1ccco1.CC(C)(C)c1ccc(N2CCOCC2)cc1.CC(C)(C)c1cccc(Oc2ccccc2)c1.CCCCCCC(C)(C)C.COc1cccc(CCC(C)(C)C)c1. The monoisotopic (exact) mass is 1480 g/mol. The quantitative estimate of drug-likeness (QED) is 0.0842. The number of hydrogen-bond donors (Lipinski definition) is 0. The van der Waals surface area contributed by atoms with Crippen molar-refractivity contribution in [2.45, 2.75) is 260 Å². The van der Waals surface area contributed by atoms with Gasteiger partial charge in [0.05, 0.1) is 39.8 Å². The first kappa shape index (κ1) is 95.3. The van der Waals surface area contributed by atoms with Crippen molar-refractivity contribution in [1.29, 1.82) is 0 Å². The summed E-state index contributed by atoms with van der Waals surface area (Å²) in [5.74, 6) is 4.29. The van der Waals surface area contributed by atoms with Crippen molar-refractivity contribution in [3.05, 3.63) is 252 Å². The Kier molecular flexibility index (Phi) is 42.4. The van der Waals surface area contributed by atoms with Gasteiger partial charge in [-0.2, -0.15) is 0 Å². The van der Waals surface area contributed by atoms with Crippen LogP contribution in [0.4, 0.5) is 5.69 Å². The van der Waals surface area contributed by atoms with Crippen molar-refractivity contribution >= 4 is 5.69 Å². The number of methoxy groups -OCH3 is 1. The zero-order valence-electron chi connectivity index (χ0n) is 73.4. The van der Waals surface area contributed by atoms with Gasteiger partial charge in [-0.25, -0.2) is 0 Å². The summed E-state index contributed by atoms with van der Waals surface area (Å²) in [6.07, 6.45) is 15.7. The molecule has 7 heteroatoms. The van der Waals surface area contributed by atoms with Crippen LogP contribution >= 0.6 is 0 Å². The summed E-state index contributed by atoms with van der Waals surface area (Å²) in [5, 5.41) is 0. The van der Waals surface area contributed by atoms with E-state index in [1.807, 2.05) is 60.7 Å². The van der Waals surface area contributed by atoms with Crippen LogP contribution in [0.2, 0.25) is 0 Å². The number of benzene rings is 7. The third-order valence-corrected chi connectivity index (χ3v) is 18.2. The lowest BCUT2D eigenvalue weighted by Crippen LogP contribution is -2.37. The molecule has 0 aliphatic carbocycles. The summed E-state index contributed by atoms with van der Waals surface area (Å²) in [4.78, 5) is 4.88. The van der Waals surface area contributed by atoms with E-state index in [4.69, 9.17) is 23.4 Å². The number of anilines is 1. The van der Waals surface area contributed by atoms with E-state index in [0.29, 0.717) is 38.4 Å². The molecule has 0 amide bonds. The molecule has 0 unspecified atom stereocenters. The first-order chi connectivity index (χ1) is 50.5. The van der Waals surface area contributed by atoms with Crippen molar-refractivity contribution in [3.8, 4) is 17.2 Å². The number of nitrogens with zero attached hydrogens (tertiary/aromatic N) is 2. The highest BCUT2D eigenvalue weighted by Crippen LogP contribution is 2.37. The standard InChI is InChI=1S/C18H22.C16H18O.C14H21NO.C13H20O.C11H16.C10H21NO.C10H22.C9H14O/c1-18(2,3)14-17(15-10-6-4-7-11-15)16-12-8-5-9-13-16;1-16(2,3)13-8-7-11-15(12-13)17-14-9-5-4-6-10-14;1-14(2,3)12-4-6-13(7-5-12)15-8-10-16-11-9-15;1-13(2,3)9-8-11-6-5-7-12(10-11)14-4;1-11(2,3)9-10-7-5-4-6-8-10;1-10(2,3)4-5-11-6-8-12-9-7-11;1-5-6-7-8-9-10(2,3)4;1-9(2,3)7-8-5-4-6-10-8/h4-13,17H,14H2,1-3H3;4-12H,1-3H3;4-7H,8-11H2,1-3H3;5-7,10H,8-9H2,1-4H3;4-8H,9H2,1-3H3;4-9H2,1-3H3;5-9H2,1-4H3;4-6H,7H2,1-3H3. The maximum absolute atomic E-state index is 5.81. The number of hydrogen-bond acceptors (Lipinski definition) is 7. The van der Waals surface area contributed by atoms with Crippen molar-refractivity contribution in [1.82, 2.24) is 4.90 Å². The number of furan rings is 1. The molecule has 3 heterocycles. The minimum atomic E-state index is 0.149. The molecule has 0 radical (unpaired) electrons. The van der Waals surface area contributed by atoms with Crippen LogP contribution in [0.15, 0.2) is 217 Å². The second-order valence-corrected chi connectivity index (χ2v) is 38.8. The molecule has 8 aromatic rings. The van der Waals surface area contributed by atoms with Crippen molar-refractivity contribution in [3.63, 3.8) is 0 Å². The number of morpholine rings is 2. The lowest BCUT2D eigenvalue weighted by molar-refractivity contribution is 0.0333. The second kappa shape index (κ2) is 48.0. The van der Waals surface area contributed by atoms with E-state index in [1.165, 1.54) is 97.0 Å². The molecule has 2 aliphatic rings. The van der Waals surface area contributed by atoms with Crippen molar-refractivity contribution < 1.29 is 23.4 Å². The van der Waals surface area contributed by atoms with Gasteiger partial charge in [-0.05, 0) is 182 Å².